The fraction of sp³-hybridized carbons (Fsp3) is 0.333. The molecule has 3 aromatic rings. The summed E-state index contributed by atoms with van der Waals surface area (Å²) in [7, 11) is 4.76. The Morgan fingerprint density at radius 2 is 1.76 bits per heavy atom. The average Bonchev–Trinajstić information content (AvgIpc) is 2.82. The topological polar surface area (TPSA) is 75.8 Å². The zero-order chi connectivity index (χ0) is 23.8. The second-order valence-corrected chi connectivity index (χ2v) is 7.87. The van der Waals surface area contributed by atoms with Crippen molar-refractivity contribution >= 4 is 28.2 Å². The van der Waals surface area contributed by atoms with Crippen LogP contribution < -0.4 is 20.3 Å². The predicted molar refractivity (Wildman–Crippen MR) is 130 cm³/mol. The fourth-order valence-electron chi connectivity index (χ4n) is 3.43. The fourth-order valence-corrected chi connectivity index (χ4v) is 3.67. The third-order valence-electron chi connectivity index (χ3n) is 5.16. The number of nitrogens with one attached hydrogen (secondary N) is 2. The van der Waals surface area contributed by atoms with Crippen LogP contribution in [0.4, 0.5) is 4.39 Å². The van der Waals surface area contributed by atoms with E-state index in [0.717, 1.165) is 17.4 Å². The molecule has 0 aliphatic rings. The number of H-pyrrole nitrogens is 1. The summed E-state index contributed by atoms with van der Waals surface area (Å²) in [6, 6.07) is 11.6. The van der Waals surface area contributed by atoms with Crippen molar-refractivity contribution < 1.29 is 18.6 Å². The first-order chi connectivity index (χ1) is 15.9. The van der Waals surface area contributed by atoms with E-state index >= 15 is 0 Å². The van der Waals surface area contributed by atoms with E-state index in [9.17, 15) is 9.18 Å². The van der Waals surface area contributed by atoms with Crippen LogP contribution in [0.1, 0.15) is 17.5 Å². The van der Waals surface area contributed by atoms with Gasteiger partial charge in [-0.1, -0.05) is 12.1 Å². The number of methoxy groups -OCH3 is 3. The molecule has 7 nitrogen and oxygen atoms in total. The maximum atomic E-state index is 13.4. The van der Waals surface area contributed by atoms with E-state index in [2.05, 4.69) is 10.3 Å². The Balaban J connectivity index is 1.89. The lowest BCUT2D eigenvalue weighted by molar-refractivity contribution is 0.195. The summed E-state index contributed by atoms with van der Waals surface area (Å²) in [6.07, 6.45) is 0.791. The van der Waals surface area contributed by atoms with Crippen molar-refractivity contribution in [3.63, 3.8) is 0 Å². The number of rotatable bonds is 10. The molecule has 0 unspecified atom stereocenters. The van der Waals surface area contributed by atoms with E-state index in [4.69, 9.17) is 26.4 Å². The molecule has 9 heteroatoms. The molecule has 0 saturated carbocycles. The highest BCUT2D eigenvalue weighted by Gasteiger charge is 2.15. The van der Waals surface area contributed by atoms with Crippen LogP contribution in [-0.2, 0) is 17.8 Å². The van der Waals surface area contributed by atoms with Crippen molar-refractivity contribution in [3.05, 3.63) is 69.8 Å². The molecule has 0 aliphatic carbocycles. The molecule has 2 N–H and O–H groups in total. The number of pyridine rings is 1. The van der Waals surface area contributed by atoms with Crippen LogP contribution in [0.2, 0.25) is 0 Å². The van der Waals surface area contributed by atoms with E-state index in [0.29, 0.717) is 47.4 Å². The monoisotopic (exact) mass is 473 g/mol. The van der Waals surface area contributed by atoms with E-state index in [1.54, 1.807) is 39.5 Å². The van der Waals surface area contributed by atoms with Crippen LogP contribution in [0.5, 0.6) is 11.5 Å². The van der Waals surface area contributed by atoms with Gasteiger partial charge in [-0.25, -0.2) is 4.39 Å². The van der Waals surface area contributed by atoms with Gasteiger partial charge in [-0.15, -0.1) is 0 Å². The third kappa shape index (κ3) is 6.43. The number of thiocarbonyl (C=S) groups is 1. The summed E-state index contributed by atoms with van der Waals surface area (Å²) >= 11 is 5.61. The molecule has 1 aromatic heterocycles. The molecule has 0 radical (unpaired) electrons. The lowest BCUT2D eigenvalue weighted by Gasteiger charge is -2.26. The van der Waals surface area contributed by atoms with Crippen LogP contribution in [-0.4, -0.2) is 49.5 Å². The SMILES string of the molecule is COCCCNC(=S)N(Cc1ccc(F)cc1)Cc1cc2cc(OC)c(OC)cc2[nH]c1=O. The number of ether oxygens (including phenoxy) is 3. The molecule has 2 aromatic carbocycles. The van der Waals surface area contributed by atoms with Crippen molar-refractivity contribution in [3.8, 4) is 11.5 Å². The lowest BCUT2D eigenvalue weighted by atomic mass is 10.1. The summed E-state index contributed by atoms with van der Waals surface area (Å²) in [5, 5.41) is 4.52. The summed E-state index contributed by atoms with van der Waals surface area (Å²) in [6.45, 7) is 1.94. The van der Waals surface area contributed by atoms with Crippen LogP contribution in [0.3, 0.4) is 0 Å². The minimum Gasteiger partial charge on any atom is -0.493 e. The first-order valence-electron chi connectivity index (χ1n) is 10.5. The number of hydrogen-bond acceptors (Lipinski definition) is 5. The Labute approximate surface area is 197 Å². The Bertz CT molecular complexity index is 1150. The van der Waals surface area contributed by atoms with Crippen molar-refractivity contribution in [1.82, 2.24) is 15.2 Å². The maximum absolute atomic E-state index is 13.4. The van der Waals surface area contributed by atoms with Crippen molar-refractivity contribution in [1.29, 1.82) is 0 Å². The minimum absolute atomic E-state index is 0.221. The number of hydrogen-bond donors (Lipinski definition) is 2. The zero-order valence-corrected chi connectivity index (χ0v) is 19.8. The Morgan fingerprint density at radius 1 is 1.06 bits per heavy atom. The molecule has 33 heavy (non-hydrogen) atoms. The highest BCUT2D eigenvalue weighted by molar-refractivity contribution is 7.80. The summed E-state index contributed by atoms with van der Waals surface area (Å²) < 4.78 is 29.2. The molecule has 3 rings (SSSR count). The molecule has 0 bridgehead atoms. The molecular formula is C24H28FN3O4S. The molecular weight excluding hydrogens is 445 g/mol. The van der Waals surface area contributed by atoms with Gasteiger partial charge in [-0.3, -0.25) is 4.79 Å². The molecule has 0 spiro atoms. The Morgan fingerprint density at radius 3 is 2.42 bits per heavy atom. The molecule has 0 amide bonds. The molecule has 0 aliphatic heterocycles. The average molecular weight is 474 g/mol. The van der Waals surface area contributed by atoms with Gasteiger partial charge >= 0.3 is 0 Å². The standard InChI is InChI=1S/C24H28FN3O4S/c1-30-10-4-9-26-24(33)28(14-16-5-7-19(25)8-6-16)15-18-11-17-12-21(31-2)22(32-3)13-20(17)27-23(18)29/h5-8,11-13H,4,9-10,14-15H2,1-3H3,(H,26,33)(H,27,29). The number of aromatic nitrogens is 1. The normalized spacial score (nSPS) is 10.8. The second kappa shape index (κ2) is 11.6. The molecule has 0 fully saturated rings. The maximum Gasteiger partial charge on any atom is 0.253 e. The van der Waals surface area contributed by atoms with Crippen molar-refractivity contribution in [2.45, 2.75) is 19.5 Å². The first kappa shape index (κ1) is 24.5. The van der Waals surface area contributed by atoms with Gasteiger partial charge < -0.3 is 29.4 Å². The van der Waals surface area contributed by atoms with Crippen molar-refractivity contribution in [2.75, 3.05) is 34.5 Å². The van der Waals surface area contributed by atoms with Gasteiger partial charge in [-0.05, 0) is 48.5 Å². The number of benzene rings is 2. The third-order valence-corrected chi connectivity index (χ3v) is 5.56. The molecule has 0 saturated heterocycles. The van der Waals surface area contributed by atoms with Gasteiger partial charge in [0.25, 0.3) is 5.56 Å². The van der Waals surface area contributed by atoms with Gasteiger partial charge in [0, 0.05) is 43.8 Å². The number of aromatic amines is 1. The van der Waals surface area contributed by atoms with Crippen molar-refractivity contribution in [2.24, 2.45) is 0 Å². The van der Waals surface area contributed by atoms with Crippen LogP contribution in [0.25, 0.3) is 10.9 Å². The van der Waals surface area contributed by atoms with Gasteiger partial charge in [0.15, 0.2) is 16.6 Å². The van der Waals surface area contributed by atoms with E-state index in [1.807, 2.05) is 17.0 Å². The first-order valence-corrected chi connectivity index (χ1v) is 10.9. The van der Waals surface area contributed by atoms with Crippen LogP contribution in [0, 0.1) is 5.82 Å². The predicted octanol–water partition coefficient (Wildman–Crippen LogP) is 3.60. The zero-order valence-electron chi connectivity index (χ0n) is 18.9. The second-order valence-electron chi connectivity index (χ2n) is 7.48. The molecule has 0 atom stereocenters. The summed E-state index contributed by atoms with van der Waals surface area (Å²) in [5.41, 5.74) is 1.84. The van der Waals surface area contributed by atoms with Crippen LogP contribution >= 0.6 is 12.2 Å². The summed E-state index contributed by atoms with van der Waals surface area (Å²) in [4.78, 5) is 17.7. The van der Waals surface area contributed by atoms with Gasteiger partial charge in [0.2, 0.25) is 0 Å². The van der Waals surface area contributed by atoms with Gasteiger partial charge in [0.1, 0.15) is 5.82 Å². The number of halogens is 1. The van der Waals surface area contributed by atoms with Gasteiger partial charge in [0.05, 0.1) is 26.3 Å². The quantitative estimate of drug-likeness (QED) is 0.344. The lowest BCUT2D eigenvalue weighted by Crippen LogP contribution is -2.40. The Hall–Kier alpha value is -3.17. The summed E-state index contributed by atoms with van der Waals surface area (Å²) in [5.74, 6) is 0.801. The van der Waals surface area contributed by atoms with Gasteiger partial charge in [-0.2, -0.15) is 0 Å². The molecule has 176 valence electrons. The smallest absolute Gasteiger partial charge is 0.253 e. The van der Waals surface area contributed by atoms with E-state index in [1.165, 1.54) is 12.1 Å². The highest BCUT2D eigenvalue weighted by atomic mass is 32.1. The Kier molecular flexibility index (Phi) is 8.62. The molecule has 1 heterocycles. The van der Waals surface area contributed by atoms with E-state index < -0.39 is 0 Å². The number of fused-ring (bicyclic) bond motifs is 1. The van der Waals surface area contributed by atoms with E-state index in [-0.39, 0.29) is 17.9 Å². The minimum atomic E-state index is -0.305. The number of nitrogens with zero attached hydrogens (tertiary/aromatic N) is 1. The largest absolute Gasteiger partial charge is 0.493 e. The van der Waals surface area contributed by atoms with Crippen LogP contribution in [0.15, 0.2) is 47.3 Å². The highest BCUT2D eigenvalue weighted by Crippen LogP contribution is 2.31.